The fourth-order valence-electron chi connectivity index (χ4n) is 1.40. The van der Waals surface area contributed by atoms with Gasteiger partial charge in [-0.05, 0) is 25.7 Å². The summed E-state index contributed by atoms with van der Waals surface area (Å²) in [5, 5.41) is 10.1. The zero-order chi connectivity index (χ0) is 13.1. The first-order valence-corrected chi connectivity index (χ1v) is 8.56. The molecule has 0 fully saturated rings. The van der Waals surface area contributed by atoms with E-state index < -0.39 is 14.5 Å². The van der Waals surface area contributed by atoms with Gasteiger partial charge in [0.05, 0.1) is 0 Å². The molecular weight excluding hydrogens is 236 g/mol. The van der Waals surface area contributed by atoms with Crippen molar-refractivity contribution in [3.8, 4) is 0 Å². The van der Waals surface area contributed by atoms with Crippen LogP contribution < -0.4 is 0 Å². The zero-order valence-corrected chi connectivity index (χ0v) is 12.7. The fraction of sp³-hybridized carbons (Fsp3) is 1.00. The molecule has 0 saturated heterocycles. The highest BCUT2D eigenvalue weighted by Crippen LogP contribution is 2.18. The lowest BCUT2D eigenvalue weighted by Gasteiger charge is -2.32. The van der Waals surface area contributed by atoms with Crippen LogP contribution in [-0.2, 0) is 13.3 Å². The lowest BCUT2D eigenvalue weighted by molar-refractivity contribution is 0.0127. The molecule has 0 saturated carbocycles. The van der Waals surface area contributed by atoms with E-state index in [0.29, 0.717) is 26.2 Å². The van der Waals surface area contributed by atoms with Crippen molar-refractivity contribution >= 4 is 8.80 Å². The van der Waals surface area contributed by atoms with E-state index in [-0.39, 0.29) is 0 Å². The van der Waals surface area contributed by atoms with Crippen molar-refractivity contribution in [3.05, 3.63) is 0 Å². The van der Waals surface area contributed by atoms with Gasteiger partial charge < -0.3 is 18.4 Å². The topological polar surface area (TPSA) is 47.9 Å². The minimum absolute atomic E-state index is 0.580. The molecule has 0 radical (unpaired) electrons. The highest BCUT2D eigenvalue weighted by atomic mass is 28.4. The molecule has 0 bridgehead atoms. The summed E-state index contributed by atoms with van der Waals surface area (Å²) in [6, 6.07) is 0. The Balaban J connectivity index is 4.63. The van der Waals surface area contributed by atoms with Gasteiger partial charge in [0.2, 0.25) is 0 Å². The van der Waals surface area contributed by atoms with Gasteiger partial charge in [-0.3, -0.25) is 0 Å². The molecule has 1 atom stereocenters. The number of aliphatic hydroxyl groups is 1. The monoisotopic (exact) mass is 264 g/mol. The average Bonchev–Trinajstić information content (AvgIpc) is 2.37. The van der Waals surface area contributed by atoms with Crippen LogP contribution in [0.25, 0.3) is 0 Å². The highest BCUT2D eigenvalue weighted by molar-refractivity contribution is 6.62. The van der Waals surface area contributed by atoms with E-state index in [9.17, 15) is 5.11 Å². The Labute approximate surface area is 107 Å². The van der Waals surface area contributed by atoms with Gasteiger partial charge in [-0.1, -0.05) is 27.7 Å². The second-order valence-corrected chi connectivity index (χ2v) is 6.81. The van der Waals surface area contributed by atoms with Crippen LogP contribution in [0.2, 0.25) is 0 Å². The standard InChI is InChI=1S/C12H28O4Si/c1-5-9-14-17(12(13)8-4,15-10-6-2)16-11-7-3/h12-13H,5-11H2,1-4H3. The predicted molar refractivity (Wildman–Crippen MR) is 70.8 cm³/mol. The average molecular weight is 264 g/mol. The van der Waals surface area contributed by atoms with Crippen LogP contribution in [0.3, 0.4) is 0 Å². The maximum Gasteiger partial charge on any atom is 0.531 e. The van der Waals surface area contributed by atoms with Gasteiger partial charge >= 0.3 is 8.80 Å². The highest BCUT2D eigenvalue weighted by Gasteiger charge is 2.48. The lowest BCUT2D eigenvalue weighted by Crippen LogP contribution is -2.56. The molecule has 0 aromatic rings. The minimum Gasteiger partial charge on any atom is -0.389 e. The number of rotatable bonds is 11. The zero-order valence-electron chi connectivity index (χ0n) is 11.7. The predicted octanol–water partition coefficient (Wildman–Crippen LogP) is 2.52. The second-order valence-electron chi connectivity index (χ2n) is 4.07. The van der Waals surface area contributed by atoms with Gasteiger partial charge in [-0.15, -0.1) is 0 Å². The van der Waals surface area contributed by atoms with Crippen molar-refractivity contribution in [2.75, 3.05) is 19.8 Å². The molecule has 5 heteroatoms. The molecule has 0 aliphatic carbocycles. The van der Waals surface area contributed by atoms with Crippen LogP contribution in [0.4, 0.5) is 0 Å². The van der Waals surface area contributed by atoms with Gasteiger partial charge in [0.25, 0.3) is 0 Å². The normalized spacial score (nSPS) is 13.9. The molecule has 0 rings (SSSR count). The summed E-state index contributed by atoms with van der Waals surface area (Å²) in [4.78, 5) is 0. The van der Waals surface area contributed by atoms with E-state index in [4.69, 9.17) is 13.3 Å². The molecule has 104 valence electrons. The summed E-state index contributed by atoms with van der Waals surface area (Å²) in [5.74, 6) is 0. The van der Waals surface area contributed by atoms with Crippen molar-refractivity contribution in [2.45, 2.75) is 59.1 Å². The van der Waals surface area contributed by atoms with Crippen LogP contribution in [0, 0.1) is 0 Å². The van der Waals surface area contributed by atoms with Gasteiger partial charge in [-0.2, -0.15) is 0 Å². The van der Waals surface area contributed by atoms with Crippen molar-refractivity contribution in [1.29, 1.82) is 0 Å². The Morgan fingerprint density at radius 1 is 0.824 bits per heavy atom. The third-order valence-corrected chi connectivity index (χ3v) is 5.36. The molecule has 0 amide bonds. The first kappa shape index (κ1) is 17.1. The molecule has 0 aliphatic heterocycles. The third-order valence-electron chi connectivity index (χ3n) is 2.32. The Morgan fingerprint density at radius 3 is 1.41 bits per heavy atom. The van der Waals surface area contributed by atoms with Crippen molar-refractivity contribution in [2.24, 2.45) is 0 Å². The molecule has 0 spiro atoms. The second kappa shape index (κ2) is 10.0. The summed E-state index contributed by atoms with van der Waals surface area (Å²) >= 11 is 0. The van der Waals surface area contributed by atoms with E-state index in [0.717, 1.165) is 19.3 Å². The lowest BCUT2D eigenvalue weighted by atomic mass is 10.5. The smallest absolute Gasteiger partial charge is 0.389 e. The third kappa shape index (κ3) is 5.97. The van der Waals surface area contributed by atoms with E-state index in [1.165, 1.54) is 0 Å². The maximum atomic E-state index is 10.1. The van der Waals surface area contributed by atoms with E-state index in [1.807, 2.05) is 27.7 Å². The van der Waals surface area contributed by atoms with Gasteiger partial charge in [0.1, 0.15) is 5.73 Å². The molecule has 0 heterocycles. The summed E-state index contributed by atoms with van der Waals surface area (Å²) in [7, 11) is -2.91. The van der Waals surface area contributed by atoms with Crippen molar-refractivity contribution in [3.63, 3.8) is 0 Å². The Hall–Kier alpha value is 0.0569. The Bertz CT molecular complexity index is 156. The largest absolute Gasteiger partial charge is 0.531 e. The van der Waals surface area contributed by atoms with Crippen molar-refractivity contribution in [1.82, 2.24) is 0 Å². The molecule has 0 aliphatic rings. The van der Waals surface area contributed by atoms with Crippen molar-refractivity contribution < 1.29 is 18.4 Å². The molecule has 17 heavy (non-hydrogen) atoms. The summed E-state index contributed by atoms with van der Waals surface area (Å²) in [6.45, 7) is 9.78. The number of hydrogen-bond acceptors (Lipinski definition) is 4. The minimum atomic E-state index is -2.91. The van der Waals surface area contributed by atoms with E-state index in [1.54, 1.807) is 0 Å². The van der Waals surface area contributed by atoms with Crippen LogP contribution in [0.5, 0.6) is 0 Å². The quantitative estimate of drug-likeness (QED) is 0.583. The SMILES string of the molecule is CCCO[Si](OCCC)(OCCC)C(O)CC. The molecule has 0 aromatic carbocycles. The molecular formula is C12H28O4Si. The van der Waals surface area contributed by atoms with Crippen LogP contribution >= 0.6 is 0 Å². The molecule has 0 aromatic heterocycles. The fourth-order valence-corrected chi connectivity index (χ4v) is 4.19. The van der Waals surface area contributed by atoms with Gasteiger partial charge in [-0.25, -0.2) is 0 Å². The van der Waals surface area contributed by atoms with Gasteiger partial charge in [0.15, 0.2) is 0 Å². The summed E-state index contributed by atoms with van der Waals surface area (Å²) in [6.07, 6.45) is 3.30. The molecule has 1 N–H and O–H groups in total. The van der Waals surface area contributed by atoms with Crippen LogP contribution in [-0.4, -0.2) is 39.5 Å². The Kier molecular flexibility index (Phi) is 10.1. The first-order chi connectivity index (χ1) is 8.16. The summed E-state index contributed by atoms with van der Waals surface area (Å²) in [5.41, 5.74) is -0.618. The van der Waals surface area contributed by atoms with Crippen LogP contribution in [0.15, 0.2) is 0 Å². The first-order valence-electron chi connectivity index (χ1n) is 6.76. The van der Waals surface area contributed by atoms with Crippen LogP contribution in [0.1, 0.15) is 53.4 Å². The Morgan fingerprint density at radius 2 is 1.18 bits per heavy atom. The summed E-state index contributed by atoms with van der Waals surface area (Å²) < 4.78 is 17.3. The van der Waals surface area contributed by atoms with Gasteiger partial charge in [0, 0.05) is 19.8 Å². The maximum absolute atomic E-state index is 10.1. The van der Waals surface area contributed by atoms with E-state index in [2.05, 4.69) is 0 Å². The molecule has 4 nitrogen and oxygen atoms in total. The number of aliphatic hydroxyl groups excluding tert-OH is 1. The molecule has 1 unspecified atom stereocenters. The van der Waals surface area contributed by atoms with E-state index >= 15 is 0 Å². The number of hydrogen-bond donors (Lipinski definition) is 1.